The van der Waals surface area contributed by atoms with Crippen molar-refractivity contribution in [2.24, 2.45) is 11.1 Å². The highest BCUT2D eigenvalue weighted by molar-refractivity contribution is 7.80. The van der Waals surface area contributed by atoms with Crippen molar-refractivity contribution in [3.8, 4) is 0 Å². The Morgan fingerprint density at radius 1 is 1.25 bits per heavy atom. The molecule has 0 fully saturated rings. The third kappa shape index (κ3) is 3.93. The van der Waals surface area contributed by atoms with E-state index in [1.807, 2.05) is 0 Å². The lowest BCUT2D eigenvalue weighted by Gasteiger charge is -2.20. The van der Waals surface area contributed by atoms with Crippen molar-refractivity contribution < 1.29 is 18.0 Å². The highest BCUT2D eigenvalue weighted by atomic mass is 32.1. The first kappa shape index (κ1) is 16.4. The summed E-state index contributed by atoms with van der Waals surface area (Å²) in [7, 11) is 0. The van der Waals surface area contributed by atoms with Crippen LogP contribution in [0.25, 0.3) is 0 Å². The minimum atomic E-state index is -4.49. The monoisotopic (exact) mass is 304 g/mol. The van der Waals surface area contributed by atoms with E-state index in [9.17, 15) is 18.0 Å². The average molecular weight is 304 g/mol. The maximum Gasteiger partial charge on any atom is 0.416 e. The molecule has 1 amide bonds. The topological polar surface area (TPSA) is 55.1 Å². The number of thiocarbonyl (C=S) groups is 1. The maximum atomic E-state index is 12.6. The fourth-order valence-corrected chi connectivity index (χ4v) is 1.51. The van der Waals surface area contributed by atoms with Gasteiger partial charge in [-0.15, -0.1) is 0 Å². The normalized spacial score (nSPS) is 12.1. The summed E-state index contributed by atoms with van der Waals surface area (Å²) in [4.78, 5) is 11.7. The summed E-state index contributed by atoms with van der Waals surface area (Å²) in [6, 6.07) is 2.86. The lowest BCUT2D eigenvalue weighted by atomic mass is 9.95. The standard InChI is InChI=1S/C13H15F3N2OS/c1-12(2,3)11(19)18-9-5-4-7(13(14,15)16)6-8(9)10(17)20/h4-6H,1-3H3,(H2,17,20)(H,18,19). The Bertz CT molecular complexity index is 548. The van der Waals surface area contributed by atoms with Crippen molar-refractivity contribution >= 4 is 28.8 Å². The third-order valence-corrected chi connectivity index (χ3v) is 2.76. The number of alkyl halides is 3. The van der Waals surface area contributed by atoms with E-state index >= 15 is 0 Å². The fourth-order valence-electron chi connectivity index (χ4n) is 1.34. The van der Waals surface area contributed by atoms with Crippen LogP contribution in [0.2, 0.25) is 0 Å². The Hall–Kier alpha value is -1.63. The number of halogens is 3. The van der Waals surface area contributed by atoms with Crippen LogP contribution >= 0.6 is 12.2 Å². The molecule has 3 nitrogen and oxygen atoms in total. The van der Waals surface area contributed by atoms with Gasteiger partial charge in [0.25, 0.3) is 0 Å². The molecule has 0 spiro atoms. The molecule has 3 N–H and O–H groups in total. The molecule has 1 aromatic rings. The molecule has 0 aromatic heterocycles. The van der Waals surface area contributed by atoms with Crippen LogP contribution in [0.4, 0.5) is 18.9 Å². The second kappa shape index (κ2) is 5.40. The van der Waals surface area contributed by atoms with E-state index in [-0.39, 0.29) is 22.1 Å². The van der Waals surface area contributed by atoms with Gasteiger partial charge in [0.05, 0.1) is 11.3 Å². The van der Waals surface area contributed by atoms with Crippen molar-refractivity contribution in [2.45, 2.75) is 26.9 Å². The molecule has 0 atom stereocenters. The molecule has 0 bridgehead atoms. The van der Waals surface area contributed by atoms with Crippen molar-refractivity contribution in [3.05, 3.63) is 29.3 Å². The second-order valence-electron chi connectivity index (χ2n) is 5.33. The van der Waals surface area contributed by atoms with E-state index in [4.69, 9.17) is 18.0 Å². The van der Waals surface area contributed by atoms with Crippen LogP contribution in [-0.4, -0.2) is 10.9 Å². The zero-order chi connectivity index (χ0) is 15.7. The molecule has 0 heterocycles. The quantitative estimate of drug-likeness (QED) is 0.824. The van der Waals surface area contributed by atoms with Gasteiger partial charge in [-0.3, -0.25) is 4.79 Å². The zero-order valence-electron chi connectivity index (χ0n) is 11.3. The summed E-state index contributed by atoms with van der Waals surface area (Å²) >= 11 is 4.74. The van der Waals surface area contributed by atoms with E-state index in [0.29, 0.717) is 0 Å². The SMILES string of the molecule is CC(C)(C)C(=O)Nc1ccc(C(F)(F)F)cc1C(N)=S. The number of amides is 1. The summed E-state index contributed by atoms with van der Waals surface area (Å²) in [5.74, 6) is -0.338. The smallest absolute Gasteiger partial charge is 0.389 e. The van der Waals surface area contributed by atoms with Gasteiger partial charge in [-0.25, -0.2) is 0 Å². The Kier molecular flexibility index (Phi) is 4.43. The van der Waals surface area contributed by atoms with Crippen molar-refractivity contribution in [1.82, 2.24) is 0 Å². The summed E-state index contributed by atoms with van der Waals surface area (Å²) in [6.07, 6.45) is -4.49. The molecule has 20 heavy (non-hydrogen) atoms. The molecule has 1 aromatic carbocycles. The van der Waals surface area contributed by atoms with Gasteiger partial charge in [-0.2, -0.15) is 13.2 Å². The van der Waals surface area contributed by atoms with Crippen LogP contribution in [0, 0.1) is 5.41 Å². The summed E-state index contributed by atoms with van der Waals surface area (Å²) in [5, 5.41) is 2.54. The van der Waals surface area contributed by atoms with E-state index in [2.05, 4.69) is 5.32 Å². The number of benzene rings is 1. The van der Waals surface area contributed by atoms with Gasteiger partial charge in [0.15, 0.2) is 0 Å². The Morgan fingerprint density at radius 2 is 1.80 bits per heavy atom. The van der Waals surface area contributed by atoms with Gasteiger partial charge in [0.2, 0.25) is 5.91 Å². The maximum absolute atomic E-state index is 12.6. The lowest BCUT2D eigenvalue weighted by molar-refractivity contribution is -0.137. The van der Waals surface area contributed by atoms with E-state index < -0.39 is 17.2 Å². The molecular weight excluding hydrogens is 289 g/mol. The number of anilines is 1. The van der Waals surface area contributed by atoms with Crippen LogP contribution in [0.3, 0.4) is 0 Å². The Balaban J connectivity index is 3.22. The van der Waals surface area contributed by atoms with E-state index in [1.165, 1.54) is 0 Å². The molecule has 0 saturated heterocycles. The summed E-state index contributed by atoms with van der Waals surface area (Å²) in [6.45, 7) is 5.06. The number of carbonyl (C=O) groups excluding carboxylic acids is 1. The highest BCUT2D eigenvalue weighted by Crippen LogP contribution is 2.32. The van der Waals surface area contributed by atoms with Gasteiger partial charge >= 0.3 is 6.18 Å². The number of hydrogen-bond donors (Lipinski definition) is 2. The second-order valence-corrected chi connectivity index (χ2v) is 5.77. The number of rotatable bonds is 2. The number of carbonyl (C=O) groups is 1. The summed E-state index contributed by atoms with van der Waals surface area (Å²) in [5.41, 5.74) is 4.04. The molecule has 0 aliphatic heterocycles. The van der Waals surface area contributed by atoms with Gasteiger partial charge in [-0.1, -0.05) is 33.0 Å². The molecule has 0 unspecified atom stereocenters. The molecule has 0 saturated carbocycles. The Labute approximate surface area is 120 Å². The van der Waals surface area contributed by atoms with Crippen LogP contribution < -0.4 is 11.1 Å². The molecular formula is C13H15F3N2OS. The Morgan fingerprint density at radius 3 is 2.20 bits per heavy atom. The predicted molar refractivity (Wildman–Crippen MR) is 75.4 cm³/mol. The van der Waals surface area contributed by atoms with Gasteiger partial charge in [0, 0.05) is 11.0 Å². The van der Waals surface area contributed by atoms with Crippen molar-refractivity contribution in [2.75, 3.05) is 5.32 Å². The van der Waals surface area contributed by atoms with Crippen LogP contribution in [0.1, 0.15) is 31.9 Å². The molecule has 0 radical (unpaired) electrons. The number of hydrogen-bond acceptors (Lipinski definition) is 2. The van der Waals surface area contributed by atoms with Gasteiger partial charge < -0.3 is 11.1 Å². The molecule has 1 rings (SSSR count). The van der Waals surface area contributed by atoms with Gasteiger partial charge in [0.1, 0.15) is 4.99 Å². The highest BCUT2D eigenvalue weighted by Gasteiger charge is 2.31. The van der Waals surface area contributed by atoms with E-state index in [0.717, 1.165) is 18.2 Å². The minimum Gasteiger partial charge on any atom is -0.389 e. The van der Waals surface area contributed by atoms with Crippen LogP contribution in [0.15, 0.2) is 18.2 Å². The minimum absolute atomic E-state index is 0.00701. The first-order valence-corrected chi connectivity index (χ1v) is 6.16. The zero-order valence-corrected chi connectivity index (χ0v) is 12.1. The van der Waals surface area contributed by atoms with Gasteiger partial charge in [-0.05, 0) is 18.2 Å². The average Bonchev–Trinajstić information content (AvgIpc) is 2.26. The van der Waals surface area contributed by atoms with Crippen molar-refractivity contribution in [1.29, 1.82) is 0 Å². The molecule has 0 aliphatic carbocycles. The van der Waals surface area contributed by atoms with Crippen molar-refractivity contribution in [3.63, 3.8) is 0 Å². The van der Waals surface area contributed by atoms with Crippen LogP contribution in [-0.2, 0) is 11.0 Å². The number of nitrogens with one attached hydrogen (secondary N) is 1. The third-order valence-electron chi connectivity index (χ3n) is 2.54. The molecule has 0 aliphatic rings. The largest absolute Gasteiger partial charge is 0.416 e. The van der Waals surface area contributed by atoms with Crippen LogP contribution in [0.5, 0.6) is 0 Å². The van der Waals surface area contributed by atoms with E-state index in [1.54, 1.807) is 20.8 Å². The fraction of sp³-hybridized carbons (Fsp3) is 0.385. The number of nitrogens with two attached hydrogens (primary N) is 1. The first-order valence-electron chi connectivity index (χ1n) is 5.75. The molecule has 110 valence electrons. The molecule has 7 heteroatoms. The first-order chi connectivity index (χ1) is 8.93. The summed E-state index contributed by atoms with van der Waals surface area (Å²) < 4.78 is 37.9. The lowest BCUT2D eigenvalue weighted by Crippen LogP contribution is -2.29. The predicted octanol–water partition coefficient (Wildman–Crippen LogP) is 3.32.